The molecule has 0 radical (unpaired) electrons. The van der Waals surface area contributed by atoms with Gasteiger partial charge in [0.25, 0.3) is 0 Å². The minimum Gasteiger partial charge on any atom is -0.466 e. The first-order valence-electron chi connectivity index (χ1n) is 8.40. The Morgan fingerprint density at radius 1 is 1.22 bits per heavy atom. The first kappa shape index (κ1) is 17.3. The van der Waals surface area contributed by atoms with Crippen LogP contribution in [-0.2, 0) is 14.3 Å². The fraction of sp³-hybridized carbons (Fsp3) is 0.474. The Bertz CT molecular complexity index is 533. The number of ether oxygens (including phenoxy) is 1. The van der Waals surface area contributed by atoms with Crippen LogP contribution >= 0.6 is 0 Å². The number of carbonyl (C=O) groups excluding carboxylic acids is 2. The summed E-state index contributed by atoms with van der Waals surface area (Å²) in [5, 5.41) is 0. The summed E-state index contributed by atoms with van der Waals surface area (Å²) >= 11 is 0. The third-order valence-corrected chi connectivity index (χ3v) is 4.13. The number of rotatable bonds is 7. The molecule has 1 aromatic rings. The minimum absolute atomic E-state index is 0.0231. The van der Waals surface area contributed by atoms with Crippen molar-refractivity contribution in [1.29, 1.82) is 0 Å². The zero-order chi connectivity index (χ0) is 16.5. The molecule has 0 saturated heterocycles. The number of nitrogens with zero attached hydrogens (tertiary/aromatic N) is 1. The van der Waals surface area contributed by atoms with Crippen molar-refractivity contribution in [3.63, 3.8) is 0 Å². The fourth-order valence-electron chi connectivity index (χ4n) is 2.96. The average molecular weight is 315 g/mol. The summed E-state index contributed by atoms with van der Waals surface area (Å²) in [4.78, 5) is 26.0. The van der Waals surface area contributed by atoms with Crippen molar-refractivity contribution in [3.05, 3.63) is 42.0 Å². The molecule has 1 fully saturated rings. The molecule has 0 spiro atoms. The van der Waals surface area contributed by atoms with E-state index in [2.05, 4.69) is 0 Å². The van der Waals surface area contributed by atoms with Crippen molar-refractivity contribution < 1.29 is 14.3 Å². The molecule has 0 unspecified atom stereocenters. The molecule has 1 saturated carbocycles. The number of amides is 1. The van der Waals surface area contributed by atoms with Crippen molar-refractivity contribution in [3.8, 4) is 0 Å². The summed E-state index contributed by atoms with van der Waals surface area (Å²) in [6.45, 7) is 2.60. The van der Waals surface area contributed by atoms with Gasteiger partial charge in [-0.1, -0.05) is 43.2 Å². The van der Waals surface area contributed by atoms with Crippen LogP contribution in [0.15, 0.2) is 36.4 Å². The molecule has 0 bridgehead atoms. The number of hydrogen-bond donors (Lipinski definition) is 0. The lowest BCUT2D eigenvalue weighted by Gasteiger charge is -2.27. The Balaban J connectivity index is 1.99. The zero-order valence-electron chi connectivity index (χ0n) is 13.7. The van der Waals surface area contributed by atoms with Crippen LogP contribution in [0.25, 0.3) is 6.08 Å². The molecule has 4 nitrogen and oxygen atoms in total. The van der Waals surface area contributed by atoms with Gasteiger partial charge in [-0.25, -0.2) is 0 Å². The molecule has 0 aromatic heterocycles. The Kier molecular flexibility index (Phi) is 6.85. The van der Waals surface area contributed by atoms with Gasteiger partial charge in [0.1, 0.15) is 0 Å². The summed E-state index contributed by atoms with van der Waals surface area (Å²) in [7, 11) is 0. The van der Waals surface area contributed by atoms with Crippen molar-refractivity contribution in [2.24, 2.45) is 0 Å². The SMILES string of the molecule is CCOC(=O)CCN(C(=O)/C=C/c1ccccc1)C1CCCC1. The predicted octanol–water partition coefficient (Wildman–Crippen LogP) is 3.42. The predicted molar refractivity (Wildman–Crippen MR) is 90.7 cm³/mol. The maximum absolute atomic E-state index is 12.6. The molecular formula is C19H25NO3. The highest BCUT2D eigenvalue weighted by atomic mass is 16.5. The summed E-state index contributed by atoms with van der Waals surface area (Å²) < 4.78 is 4.97. The van der Waals surface area contributed by atoms with Crippen LogP contribution in [0.3, 0.4) is 0 Å². The monoisotopic (exact) mass is 315 g/mol. The maximum atomic E-state index is 12.6. The molecule has 124 valence electrons. The molecule has 1 aromatic carbocycles. The Morgan fingerprint density at radius 2 is 1.91 bits per heavy atom. The Labute approximate surface area is 138 Å². The molecule has 2 rings (SSSR count). The number of esters is 1. The van der Waals surface area contributed by atoms with Gasteiger partial charge in [-0.05, 0) is 31.4 Å². The van der Waals surface area contributed by atoms with E-state index in [4.69, 9.17) is 4.74 Å². The van der Waals surface area contributed by atoms with Crippen LogP contribution in [0.1, 0.15) is 44.6 Å². The highest BCUT2D eigenvalue weighted by Crippen LogP contribution is 2.24. The molecule has 0 heterocycles. The van der Waals surface area contributed by atoms with Gasteiger partial charge in [0.15, 0.2) is 0 Å². The van der Waals surface area contributed by atoms with Crippen molar-refractivity contribution in [1.82, 2.24) is 4.90 Å². The van der Waals surface area contributed by atoms with Crippen LogP contribution in [-0.4, -0.2) is 36.0 Å². The number of hydrogen-bond acceptors (Lipinski definition) is 3. The summed E-state index contributed by atoms with van der Waals surface area (Å²) in [6, 6.07) is 10.0. The van der Waals surface area contributed by atoms with Gasteiger partial charge in [-0.3, -0.25) is 9.59 Å². The molecule has 23 heavy (non-hydrogen) atoms. The van der Waals surface area contributed by atoms with Gasteiger partial charge in [-0.15, -0.1) is 0 Å². The third kappa shape index (κ3) is 5.55. The lowest BCUT2D eigenvalue weighted by molar-refractivity contribution is -0.144. The summed E-state index contributed by atoms with van der Waals surface area (Å²) in [5.41, 5.74) is 0.998. The van der Waals surface area contributed by atoms with Gasteiger partial charge in [0.2, 0.25) is 5.91 Å². The van der Waals surface area contributed by atoms with Gasteiger partial charge in [0.05, 0.1) is 13.0 Å². The summed E-state index contributed by atoms with van der Waals surface area (Å²) in [6.07, 6.45) is 8.04. The molecule has 0 N–H and O–H groups in total. The van der Waals surface area contributed by atoms with Crippen LogP contribution in [0, 0.1) is 0 Å². The van der Waals surface area contributed by atoms with Gasteiger partial charge in [0, 0.05) is 18.7 Å². The molecule has 4 heteroatoms. The maximum Gasteiger partial charge on any atom is 0.307 e. The largest absolute Gasteiger partial charge is 0.466 e. The zero-order valence-corrected chi connectivity index (χ0v) is 13.7. The van der Waals surface area contributed by atoms with Crippen molar-refractivity contribution in [2.45, 2.75) is 45.1 Å². The smallest absolute Gasteiger partial charge is 0.307 e. The molecule has 1 aliphatic carbocycles. The van der Waals surface area contributed by atoms with Gasteiger partial charge in [-0.2, -0.15) is 0 Å². The van der Waals surface area contributed by atoms with Crippen LogP contribution in [0.2, 0.25) is 0 Å². The Hall–Kier alpha value is -2.10. The molecule has 1 amide bonds. The second-order valence-electron chi connectivity index (χ2n) is 5.77. The van der Waals surface area contributed by atoms with Crippen LogP contribution < -0.4 is 0 Å². The first-order chi connectivity index (χ1) is 11.2. The van der Waals surface area contributed by atoms with E-state index in [0.29, 0.717) is 13.2 Å². The lowest BCUT2D eigenvalue weighted by atomic mass is 10.1. The van der Waals surface area contributed by atoms with E-state index < -0.39 is 0 Å². The summed E-state index contributed by atoms with van der Waals surface area (Å²) in [5.74, 6) is -0.264. The van der Waals surface area contributed by atoms with Crippen LogP contribution in [0.5, 0.6) is 0 Å². The van der Waals surface area contributed by atoms with E-state index in [-0.39, 0.29) is 24.3 Å². The fourth-order valence-corrected chi connectivity index (χ4v) is 2.96. The highest BCUT2D eigenvalue weighted by Gasteiger charge is 2.25. The van der Waals surface area contributed by atoms with E-state index in [1.54, 1.807) is 13.0 Å². The highest BCUT2D eigenvalue weighted by molar-refractivity contribution is 5.92. The van der Waals surface area contributed by atoms with Gasteiger partial charge >= 0.3 is 5.97 Å². The average Bonchev–Trinajstić information content (AvgIpc) is 3.08. The van der Waals surface area contributed by atoms with E-state index in [1.807, 2.05) is 41.3 Å². The van der Waals surface area contributed by atoms with Crippen molar-refractivity contribution >= 4 is 18.0 Å². The first-order valence-corrected chi connectivity index (χ1v) is 8.40. The molecule has 0 aliphatic heterocycles. The number of benzene rings is 1. The Morgan fingerprint density at radius 3 is 2.57 bits per heavy atom. The van der Waals surface area contributed by atoms with Gasteiger partial charge < -0.3 is 9.64 Å². The normalized spacial score (nSPS) is 15.0. The standard InChI is InChI=1S/C19H25NO3/c1-2-23-19(22)14-15-20(17-10-6-7-11-17)18(21)13-12-16-8-4-3-5-9-16/h3-5,8-9,12-13,17H,2,6-7,10-11,14-15H2,1H3/b13-12+. The second kappa shape index (κ2) is 9.13. The van der Waals surface area contributed by atoms with Crippen LogP contribution in [0.4, 0.5) is 0 Å². The lowest BCUT2D eigenvalue weighted by Crippen LogP contribution is -2.39. The molecule has 0 atom stereocenters. The molecule has 1 aliphatic rings. The van der Waals surface area contributed by atoms with Crippen molar-refractivity contribution in [2.75, 3.05) is 13.2 Å². The van der Waals surface area contributed by atoms with E-state index in [1.165, 1.54) is 0 Å². The van der Waals surface area contributed by atoms with E-state index >= 15 is 0 Å². The quantitative estimate of drug-likeness (QED) is 0.572. The van der Waals surface area contributed by atoms with E-state index in [9.17, 15) is 9.59 Å². The second-order valence-corrected chi connectivity index (χ2v) is 5.77. The topological polar surface area (TPSA) is 46.6 Å². The minimum atomic E-state index is -0.240. The third-order valence-electron chi connectivity index (χ3n) is 4.13. The van der Waals surface area contributed by atoms with E-state index in [0.717, 1.165) is 31.2 Å². The molecular weight excluding hydrogens is 290 g/mol. The number of carbonyl (C=O) groups is 2.